The minimum atomic E-state index is -5.25. The molecule has 0 spiro atoms. The highest BCUT2D eigenvalue weighted by atomic mass is 79.9. The van der Waals surface area contributed by atoms with Crippen LogP contribution in [0.5, 0.6) is 0 Å². The predicted octanol–water partition coefficient (Wildman–Crippen LogP) is 6.91. The van der Waals surface area contributed by atoms with Gasteiger partial charge in [-0.15, -0.1) is 0 Å². The van der Waals surface area contributed by atoms with Crippen LogP contribution in [0.25, 0.3) is 0 Å². The summed E-state index contributed by atoms with van der Waals surface area (Å²) in [5.41, 5.74) is -3.92. The Labute approximate surface area is 256 Å². The summed E-state index contributed by atoms with van der Waals surface area (Å²) in [4.78, 5) is 28.5. The van der Waals surface area contributed by atoms with Crippen molar-refractivity contribution in [2.24, 2.45) is 5.92 Å². The second-order valence-electron chi connectivity index (χ2n) is 10.1. The molecule has 2 aliphatic carbocycles. The summed E-state index contributed by atoms with van der Waals surface area (Å²) in [6.45, 7) is -1.11. The third kappa shape index (κ3) is 6.16. The minimum absolute atomic E-state index is 0.0574. The monoisotopic (exact) mass is 765 g/mol. The normalized spacial score (nSPS) is 19.3. The molecule has 0 saturated heterocycles. The molecule has 0 unspecified atom stereocenters. The summed E-state index contributed by atoms with van der Waals surface area (Å²) in [5, 5.41) is 7.22. The van der Waals surface area contributed by atoms with E-state index in [4.69, 9.17) is 0 Å². The Morgan fingerprint density at radius 1 is 1.05 bits per heavy atom. The van der Waals surface area contributed by atoms with E-state index in [1.165, 1.54) is 0 Å². The van der Waals surface area contributed by atoms with E-state index in [0.717, 1.165) is 18.2 Å². The van der Waals surface area contributed by atoms with Gasteiger partial charge >= 0.3 is 18.3 Å². The minimum Gasteiger partial charge on any atom is -0.346 e. The summed E-state index contributed by atoms with van der Waals surface area (Å²) in [6, 6.07) is 1.94. The van der Waals surface area contributed by atoms with Gasteiger partial charge < -0.3 is 10.6 Å². The highest BCUT2D eigenvalue weighted by Gasteiger charge is 2.68. The number of carbonyl (C=O) groups is 2. The molecule has 236 valence electrons. The zero-order valence-corrected chi connectivity index (χ0v) is 24.5. The van der Waals surface area contributed by atoms with Crippen LogP contribution in [0.3, 0.4) is 0 Å². The molecule has 0 radical (unpaired) electrons. The third-order valence-corrected chi connectivity index (χ3v) is 8.22. The molecule has 2 amide bonds. The Morgan fingerprint density at radius 3 is 2.27 bits per heavy atom. The molecule has 2 aromatic heterocycles. The smallest absolute Gasteiger partial charge is 0.346 e. The molecular weight excluding hydrogens is 752 g/mol. The van der Waals surface area contributed by atoms with Crippen molar-refractivity contribution in [3.05, 3.63) is 73.2 Å². The molecule has 2 aliphatic rings. The quantitative estimate of drug-likeness (QED) is 0.202. The van der Waals surface area contributed by atoms with Crippen molar-refractivity contribution in [2.45, 2.75) is 49.6 Å². The molecule has 19 heteroatoms. The summed E-state index contributed by atoms with van der Waals surface area (Å²) in [7, 11) is 0. The first kappa shape index (κ1) is 32.2. The molecule has 0 aliphatic heterocycles. The van der Waals surface area contributed by atoms with Crippen LogP contribution in [0.15, 0.2) is 33.3 Å². The van der Waals surface area contributed by atoms with Crippen LogP contribution < -0.4 is 10.6 Å². The first-order chi connectivity index (χ1) is 20.3. The van der Waals surface area contributed by atoms with Gasteiger partial charge in [-0.2, -0.15) is 40.2 Å². The molecule has 3 aromatic rings. The second kappa shape index (κ2) is 11.0. The van der Waals surface area contributed by atoms with Gasteiger partial charge in [0, 0.05) is 22.0 Å². The number of anilines is 1. The summed E-state index contributed by atoms with van der Waals surface area (Å²) >= 11 is 5.96. The number of nitrogens with zero attached hydrogens (tertiary/aromatic N) is 3. The lowest BCUT2D eigenvalue weighted by molar-refractivity contribution is -0.167. The highest BCUT2D eigenvalue weighted by molar-refractivity contribution is 9.11. The van der Waals surface area contributed by atoms with Crippen LogP contribution in [0.4, 0.5) is 49.6 Å². The molecule has 1 saturated carbocycles. The van der Waals surface area contributed by atoms with Crippen molar-refractivity contribution in [2.75, 3.05) is 5.32 Å². The maximum atomic E-state index is 14.9. The molecule has 2 N–H and O–H groups in total. The summed E-state index contributed by atoms with van der Waals surface area (Å²) in [5.74, 6) is -11.6. The second-order valence-corrected chi connectivity index (χ2v) is 11.7. The first-order valence-electron chi connectivity index (χ1n) is 12.3. The zero-order valence-electron chi connectivity index (χ0n) is 21.4. The number of nitrogens with one attached hydrogen (secondary N) is 2. The summed E-state index contributed by atoms with van der Waals surface area (Å²) < 4.78 is 137. The van der Waals surface area contributed by atoms with Crippen molar-refractivity contribution >= 4 is 49.4 Å². The summed E-state index contributed by atoms with van der Waals surface area (Å²) in [6.07, 6.45) is -10.9. The standard InChI is InChI=1S/C25H15Br2F10N5O2/c26-13-6-15(39-22(44)25(35,36)37)21(27)40-18(13)14(3-8-1-9(28)4-10(29)2-8)38-16(43)7-42-20-17(19(41-42)24(32,33)34)11-5-12(11)23(20,30)31/h1-2,4,6,11-12,14H,3,5,7H2,(H,38,43)(H,39,44)/t11-,12+,14-/m0/s1. The number of fused-ring (bicyclic) bond motifs is 3. The fourth-order valence-electron chi connectivity index (χ4n) is 5.15. The fraction of sp³-hybridized carbons (Fsp3) is 0.360. The van der Waals surface area contributed by atoms with E-state index in [-0.39, 0.29) is 31.4 Å². The lowest BCUT2D eigenvalue weighted by atomic mass is 10.0. The van der Waals surface area contributed by atoms with Gasteiger partial charge in [0.25, 0.3) is 5.92 Å². The Hall–Kier alpha value is -3.22. The van der Waals surface area contributed by atoms with Crippen molar-refractivity contribution in [3.63, 3.8) is 0 Å². The Morgan fingerprint density at radius 2 is 1.68 bits per heavy atom. The number of halogens is 12. The van der Waals surface area contributed by atoms with Gasteiger partial charge in [0.15, 0.2) is 5.69 Å². The van der Waals surface area contributed by atoms with E-state index in [1.54, 1.807) is 5.32 Å². The van der Waals surface area contributed by atoms with Crippen LogP contribution in [-0.2, 0) is 34.7 Å². The Bertz CT molecular complexity index is 1650. The van der Waals surface area contributed by atoms with E-state index in [9.17, 15) is 53.5 Å². The SMILES string of the molecule is O=C(Cn1nc(C(F)(F)F)c2c1C(F)(F)[C@@H]1C[C@H]21)N[C@@H](Cc1cc(F)cc(F)c1)c1nc(Br)c(NC(=O)C(F)(F)F)cc1Br. The number of alkyl halides is 8. The molecule has 1 fully saturated rings. The van der Waals surface area contributed by atoms with Crippen LogP contribution >= 0.6 is 31.9 Å². The first-order valence-corrected chi connectivity index (χ1v) is 13.9. The number of benzene rings is 1. The lowest BCUT2D eigenvalue weighted by Crippen LogP contribution is -2.35. The van der Waals surface area contributed by atoms with Crippen LogP contribution in [0, 0.1) is 17.6 Å². The average molecular weight is 767 g/mol. The number of pyridine rings is 1. The van der Waals surface area contributed by atoms with E-state index in [2.05, 4.69) is 47.3 Å². The number of hydrogen-bond donors (Lipinski definition) is 2. The molecule has 44 heavy (non-hydrogen) atoms. The van der Waals surface area contributed by atoms with Gasteiger partial charge in [-0.1, -0.05) is 0 Å². The van der Waals surface area contributed by atoms with Gasteiger partial charge in [0.2, 0.25) is 5.91 Å². The average Bonchev–Trinajstić information content (AvgIpc) is 3.52. The van der Waals surface area contributed by atoms with Crippen molar-refractivity contribution in [1.29, 1.82) is 0 Å². The molecule has 1 aromatic carbocycles. The molecule has 3 atom stereocenters. The van der Waals surface area contributed by atoms with Crippen LogP contribution in [0.1, 0.15) is 46.6 Å². The van der Waals surface area contributed by atoms with Crippen molar-refractivity contribution in [1.82, 2.24) is 20.1 Å². The number of carbonyl (C=O) groups excluding carboxylic acids is 2. The topological polar surface area (TPSA) is 88.9 Å². The molecular formula is C25H15Br2F10N5O2. The van der Waals surface area contributed by atoms with Gasteiger partial charge in [0.1, 0.15) is 28.5 Å². The van der Waals surface area contributed by atoms with Gasteiger partial charge in [-0.3, -0.25) is 14.3 Å². The number of aromatic nitrogens is 3. The van der Waals surface area contributed by atoms with Crippen LogP contribution in [-0.4, -0.2) is 32.8 Å². The van der Waals surface area contributed by atoms with Crippen molar-refractivity contribution in [3.8, 4) is 0 Å². The molecule has 7 nitrogen and oxygen atoms in total. The van der Waals surface area contributed by atoms with E-state index in [0.29, 0.717) is 6.07 Å². The van der Waals surface area contributed by atoms with Crippen LogP contribution in [0.2, 0.25) is 0 Å². The van der Waals surface area contributed by atoms with E-state index < -0.39 is 95.2 Å². The number of rotatable bonds is 7. The highest BCUT2D eigenvalue weighted by Crippen LogP contribution is 2.68. The van der Waals surface area contributed by atoms with Gasteiger partial charge in [0.05, 0.1) is 17.4 Å². The largest absolute Gasteiger partial charge is 0.471 e. The van der Waals surface area contributed by atoms with Crippen molar-refractivity contribution < 1.29 is 53.5 Å². The number of hydrogen-bond acceptors (Lipinski definition) is 4. The Kier molecular flexibility index (Phi) is 8.04. The van der Waals surface area contributed by atoms with Gasteiger partial charge in [-0.25, -0.2) is 13.8 Å². The predicted molar refractivity (Wildman–Crippen MR) is 137 cm³/mol. The maximum absolute atomic E-state index is 14.9. The lowest BCUT2D eigenvalue weighted by Gasteiger charge is -2.22. The molecule has 2 heterocycles. The molecule has 5 rings (SSSR count). The number of amides is 2. The van der Waals surface area contributed by atoms with E-state index >= 15 is 0 Å². The van der Waals surface area contributed by atoms with Gasteiger partial charge in [-0.05, 0) is 74.4 Å². The fourth-order valence-corrected chi connectivity index (χ4v) is 6.15. The molecule has 0 bridgehead atoms. The zero-order chi connectivity index (χ0) is 32.5. The maximum Gasteiger partial charge on any atom is 0.471 e. The van der Waals surface area contributed by atoms with E-state index in [1.807, 2.05) is 0 Å². The third-order valence-electron chi connectivity index (χ3n) is 6.98. The Balaban J connectivity index is 1.48.